The number of ether oxygens (including phenoxy) is 1. The summed E-state index contributed by atoms with van der Waals surface area (Å²) in [4.78, 5) is 26.2. The van der Waals surface area contributed by atoms with Gasteiger partial charge in [0.15, 0.2) is 0 Å². The molecular formula is C22H27N3O3. The first-order valence-corrected chi connectivity index (χ1v) is 9.44. The molecule has 1 aliphatic rings. The second-order valence-corrected chi connectivity index (χ2v) is 8.08. The lowest BCUT2D eigenvalue weighted by atomic mass is 9.99. The molecule has 3 rings (SSSR count). The van der Waals surface area contributed by atoms with Crippen LogP contribution < -0.4 is 10.6 Å². The highest BCUT2D eigenvalue weighted by Crippen LogP contribution is 2.24. The number of anilines is 2. The monoisotopic (exact) mass is 381 g/mol. The Bertz CT molecular complexity index is 870. The normalized spacial score (nSPS) is 13.5. The maximum absolute atomic E-state index is 12.3. The molecule has 0 bridgehead atoms. The van der Waals surface area contributed by atoms with Crippen molar-refractivity contribution in [3.63, 3.8) is 0 Å². The number of nitrogens with one attached hydrogen (secondary N) is 2. The van der Waals surface area contributed by atoms with Gasteiger partial charge in [0.2, 0.25) is 0 Å². The van der Waals surface area contributed by atoms with Gasteiger partial charge in [0.25, 0.3) is 0 Å². The maximum Gasteiger partial charge on any atom is 0.410 e. The van der Waals surface area contributed by atoms with Gasteiger partial charge in [-0.25, -0.2) is 9.59 Å². The Labute approximate surface area is 165 Å². The summed E-state index contributed by atoms with van der Waals surface area (Å²) in [6, 6.07) is 13.1. The first-order chi connectivity index (χ1) is 13.2. The molecule has 0 radical (unpaired) electrons. The number of rotatable bonds is 2. The number of amides is 3. The van der Waals surface area contributed by atoms with E-state index >= 15 is 0 Å². The number of benzene rings is 2. The minimum atomic E-state index is -0.504. The van der Waals surface area contributed by atoms with Crippen molar-refractivity contribution in [2.24, 2.45) is 0 Å². The number of hydrogen-bond donors (Lipinski definition) is 2. The van der Waals surface area contributed by atoms with Gasteiger partial charge in [-0.2, -0.15) is 0 Å². The van der Waals surface area contributed by atoms with Crippen molar-refractivity contribution in [3.05, 3.63) is 59.2 Å². The number of fused-ring (bicyclic) bond motifs is 1. The van der Waals surface area contributed by atoms with Gasteiger partial charge in [0, 0.05) is 24.5 Å². The molecule has 0 aromatic heterocycles. The van der Waals surface area contributed by atoms with Crippen molar-refractivity contribution in [3.8, 4) is 0 Å². The van der Waals surface area contributed by atoms with Gasteiger partial charge in [0.1, 0.15) is 5.60 Å². The highest BCUT2D eigenvalue weighted by atomic mass is 16.6. The van der Waals surface area contributed by atoms with Crippen LogP contribution in [0.4, 0.5) is 21.0 Å². The zero-order valence-electron chi connectivity index (χ0n) is 16.8. The first kappa shape index (κ1) is 19.7. The Morgan fingerprint density at radius 1 is 0.964 bits per heavy atom. The van der Waals surface area contributed by atoms with Crippen molar-refractivity contribution in [1.82, 2.24) is 4.90 Å². The van der Waals surface area contributed by atoms with E-state index in [-0.39, 0.29) is 12.1 Å². The molecule has 0 aliphatic carbocycles. The summed E-state index contributed by atoms with van der Waals surface area (Å²) in [5.41, 5.74) is 4.31. The quantitative estimate of drug-likeness (QED) is 0.775. The molecule has 2 aromatic carbocycles. The molecule has 0 saturated carbocycles. The SMILES string of the molecule is Cc1ccc(NC(=O)Nc2ccc3c(c2)CCN(C(=O)OC(C)(C)C)C3)cc1. The fraction of sp³-hybridized carbons (Fsp3) is 0.364. The highest BCUT2D eigenvalue weighted by Gasteiger charge is 2.25. The average Bonchev–Trinajstić information content (AvgIpc) is 2.61. The summed E-state index contributed by atoms with van der Waals surface area (Å²) < 4.78 is 5.45. The summed E-state index contributed by atoms with van der Waals surface area (Å²) in [6.45, 7) is 8.70. The molecule has 28 heavy (non-hydrogen) atoms. The Kier molecular flexibility index (Phi) is 5.58. The summed E-state index contributed by atoms with van der Waals surface area (Å²) >= 11 is 0. The van der Waals surface area contributed by atoms with Gasteiger partial charge in [-0.1, -0.05) is 23.8 Å². The molecule has 1 heterocycles. The van der Waals surface area contributed by atoms with Crippen LogP contribution in [0.1, 0.15) is 37.5 Å². The minimum Gasteiger partial charge on any atom is -0.444 e. The smallest absolute Gasteiger partial charge is 0.410 e. The molecule has 148 valence electrons. The predicted molar refractivity (Wildman–Crippen MR) is 111 cm³/mol. The van der Waals surface area contributed by atoms with E-state index in [2.05, 4.69) is 10.6 Å². The van der Waals surface area contributed by atoms with E-state index in [0.717, 1.165) is 34.5 Å². The molecule has 1 aliphatic heterocycles. The number of carbonyl (C=O) groups excluding carboxylic acids is 2. The third-order valence-corrected chi connectivity index (χ3v) is 4.44. The van der Waals surface area contributed by atoms with E-state index in [1.54, 1.807) is 4.90 Å². The fourth-order valence-electron chi connectivity index (χ4n) is 3.04. The number of nitrogens with zero attached hydrogens (tertiary/aromatic N) is 1. The van der Waals surface area contributed by atoms with Crippen LogP contribution in [0.15, 0.2) is 42.5 Å². The Balaban J connectivity index is 1.61. The molecule has 2 N–H and O–H groups in total. The lowest BCUT2D eigenvalue weighted by Gasteiger charge is -2.31. The van der Waals surface area contributed by atoms with Crippen LogP contribution in [0.25, 0.3) is 0 Å². The third kappa shape index (κ3) is 5.25. The molecule has 0 spiro atoms. The van der Waals surface area contributed by atoms with E-state index in [1.807, 2.05) is 70.2 Å². The second kappa shape index (κ2) is 7.92. The van der Waals surface area contributed by atoms with Gasteiger partial charge in [-0.15, -0.1) is 0 Å². The van der Waals surface area contributed by atoms with Crippen molar-refractivity contribution < 1.29 is 14.3 Å². The lowest BCUT2D eigenvalue weighted by Crippen LogP contribution is -2.39. The molecule has 2 aromatic rings. The predicted octanol–water partition coefficient (Wildman–Crippen LogP) is 4.93. The number of hydrogen-bond acceptors (Lipinski definition) is 3. The van der Waals surface area contributed by atoms with Crippen LogP contribution >= 0.6 is 0 Å². The standard InChI is InChI=1S/C22H27N3O3/c1-15-5-8-18(9-6-15)23-20(26)24-19-10-7-17-14-25(12-11-16(17)13-19)21(27)28-22(2,3)4/h5-10,13H,11-12,14H2,1-4H3,(H2,23,24,26). The number of aryl methyl sites for hydroxylation is 1. The van der Waals surface area contributed by atoms with Crippen molar-refractivity contribution in [2.75, 3.05) is 17.2 Å². The highest BCUT2D eigenvalue weighted by molar-refractivity contribution is 5.99. The van der Waals surface area contributed by atoms with E-state index in [9.17, 15) is 9.59 Å². The van der Waals surface area contributed by atoms with Crippen LogP contribution in [0.3, 0.4) is 0 Å². The molecule has 0 fully saturated rings. The van der Waals surface area contributed by atoms with E-state index < -0.39 is 5.60 Å². The summed E-state index contributed by atoms with van der Waals surface area (Å²) in [7, 11) is 0. The summed E-state index contributed by atoms with van der Waals surface area (Å²) in [6.07, 6.45) is 0.432. The molecule has 6 heteroatoms. The van der Waals surface area contributed by atoms with Crippen LogP contribution in [0.2, 0.25) is 0 Å². The summed E-state index contributed by atoms with van der Waals surface area (Å²) in [5, 5.41) is 5.69. The average molecular weight is 381 g/mol. The van der Waals surface area contributed by atoms with Crippen molar-refractivity contribution in [1.29, 1.82) is 0 Å². The van der Waals surface area contributed by atoms with E-state index in [0.29, 0.717) is 13.1 Å². The van der Waals surface area contributed by atoms with E-state index in [4.69, 9.17) is 4.74 Å². The molecule has 3 amide bonds. The topological polar surface area (TPSA) is 70.7 Å². The second-order valence-electron chi connectivity index (χ2n) is 8.08. The fourth-order valence-corrected chi connectivity index (χ4v) is 3.04. The Morgan fingerprint density at radius 2 is 1.61 bits per heavy atom. The Hall–Kier alpha value is -3.02. The third-order valence-electron chi connectivity index (χ3n) is 4.44. The van der Waals surface area contributed by atoms with Gasteiger partial charge in [0.05, 0.1) is 0 Å². The molecule has 0 atom stereocenters. The maximum atomic E-state index is 12.3. The van der Waals surface area contributed by atoms with Crippen LogP contribution in [-0.2, 0) is 17.7 Å². The van der Waals surface area contributed by atoms with Gasteiger partial charge < -0.3 is 20.3 Å². The first-order valence-electron chi connectivity index (χ1n) is 9.44. The van der Waals surface area contributed by atoms with Gasteiger partial charge in [-0.3, -0.25) is 0 Å². The zero-order valence-corrected chi connectivity index (χ0v) is 16.8. The Morgan fingerprint density at radius 3 is 2.29 bits per heavy atom. The molecule has 0 saturated heterocycles. The summed E-state index contributed by atoms with van der Waals surface area (Å²) in [5.74, 6) is 0. The van der Waals surface area contributed by atoms with Crippen LogP contribution in [0.5, 0.6) is 0 Å². The lowest BCUT2D eigenvalue weighted by molar-refractivity contribution is 0.0224. The van der Waals surface area contributed by atoms with Crippen molar-refractivity contribution in [2.45, 2.75) is 46.3 Å². The molecular weight excluding hydrogens is 354 g/mol. The van der Waals surface area contributed by atoms with E-state index in [1.165, 1.54) is 0 Å². The van der Waals surface area contributed by atoms with Crippen molar-refractivity contribution >= 4 is 23.5 Å². The number of urea groups is 1. The number of carbonyl (C=O) groups is 2. The van der Waals surface area contributed by atoms with Gasteiger partial charge in [-0.05, 0) is 69.5 Å². The molecule has 6 nitrogen and oxygen atoms in total. The van der Waals surface area contributed by atoms with Gasteiger partial charge >= 0.3 is 12.1 Å². The van der Waals surface area contributed by atoms with Crippen LogP contribution in [-0.4, -0.2) is 29.2 Å². The van der Waals surface area contributed by atoms with Crippen LogP contribution in [0, 0.1) is 6.92 Å². The largest absolute Gasteiger partial charge is 0.444 e. The minimum absolute atomic E-state index is 0.282. The molecule has 0 unspecified atom stereocenters. The zero-order chi connectivity index (χ0) is 20.3.